The minimum atomic E-state index is -2.18. The van der Waals surface area contributed by atoms with Crippen molar-refractivity contribution >= 4 is 39.9 Å². The number of anilines is 1. The van der Waals surface area contributed by atoms with Crippen molar-refractivity contribution < 1.29 is 8.76 Å². The number of hydrogen-bond acceptors (Lipinski definition) is 3. The number of halogens is 1. The van der Waals surface area contributed by atoms with E-state index in [0.29, 0.717) is 4.90 Å². The lowest BCUT2D eigenvalue weighted by Gasteiger charge is -2.15. The molecule has 0 saturated carbocycles. The Labute approximate surface area is 109 Å². The summed E-state index contributed by atoms with van der Waals surface area (Å²) in [5.41, 5.74) is 1.06. The summed E-state index contributed by atoms with van der Waals surface area (Å²) in [6.07, 6.45) is 0. The van der Waals surface area contributed by atoms with Crippen LogP contribution in [-0.4, -0.2) is 22.9 Å². The molecule has 17 heavy (non-hydrogen) atoms. The van der Waals surface area contributed by atoms with Gasteiger partial charge in [0.05, 0.1) is 0 Å². The minimum absolute atomic E-state index is 0. The Bertz CT molecular complexity index is 557. The Kier molecular flexibility index (Phi) is 4.51. The zero-order valence-electron chi connectivity index (χ0n) is 9.54. The first kappa shape index (κ1) is 14.0. The average molecular weight is 271 g/mol. The molecule has 0 amide bonds. The van der Waals surface area contributed by atoms with E-state index in [0.717, 1.165) is 16.5 Å². The van der Waals surface area contributed by atoms with E-state index < -0.39 is 11.1 Å². The molecule has 0 aliphatic heterocycles. The smallest absolute Gasteiger partial charge is 0.0367 e. The quantitative estimate of drug-likeness (QED) is 0.788. The first-order valence-corrected chi connectivity index (χ1v) is 5.96. The molecule has 2 rings (SSSR count). The van der Waals surface area contributed by atoms with Crippen molar-refractivity contribution in [3.05, 3.63) is 36.4 Å². The zero-order valence-corrected chi connectivity index (χ0v) is 11.2. The van der Waals surface area contributed by atoms with E-state index in [1.54, 1.807) is 12.1 Å². The molecule has 0 fully saturated rings. The highest BCUT2D eigenvalue weighted by Crippen LogP contribution is 2.25. The van der Waals surface area contributed by atoms with Crippen LogP contribution in [0.5, 0.6) is 0 Å². The lowest BCUT2D eigenvalue weighted by molar-refractivity contribution is 0.538. The molecule has 3 nitrogen and oxygen atoms in total. The number of benzene rings is 2. The van der Waals surface area contributed by atoms with Crippen LogP contribution >= 0.6 is 12.4 Å². The van der Waals surface area contributed by atoms with Crippen molar-refractivity contribution in [1.29, 1.82) is 0 Å². The fourth-order valence-electron chi connectivity index (χ4n) is 1.66. The van der Waals surface area contributed by atoms with E-state index in [9.17, 15) is 8.76 Å². The molecule has 1 unspecified atom stereocenters. The summed E-state index contributed by atoms with van der Waals surface area (Å²) in [6, 6.07) is 11.0. The molecule has 0 heterocycles. The molecule has 0 aliphatic carbocycles. The molecular formula is C12H13ClNO2S-. The van der Waals surface area contributed by atoms with Gasteiger partial charge in [-0.25, -0.2) is 0 Å². The van der Waals surface area contributed by atoms with Crippen molar-refractivity contribution in [2.75, 3.05) is 19.0 Å². The van der Waals surface area contributed by atoms with Crippen molar-refractivity contribution in [2.24, 2.45) is 0 Å². The first-order chi connectivity index (χ1) is 7.59. The first-order valence-electron chi connectivity index (χ1n) is 4.89. The van der Waals surface area contributed by atoms with Gasteiger partial charge in [-0.2, -0.15) is 0 Å². The maximum Gasteiger partial charge on any atom is 0.0367 e. The topological polar surface area (TPSA) is 43.4 Å². The van der Waals surface area contributed by atoms with E-state index in [4.69, 9.17) is 0 Å². The van der Waals surface area contributed by atoms with Gasteiger partial charge in [0.15, 0.2) is 0 Å². The Balaban J connectivity index is 0.00000144. The summed E-state index contributed by atoms with van der Waals surface area (Å²) in [5, 5.41) is 1.70. The summed E-state index contributed by atoms with van der Waals surface area (Å²) in [4.78, 5) is 2.34. The van der Waals surface area contributed by atoms with E-state index in [2.05, 4.69) is 0 Å². The van der Waals surface area contributed by atoms with Crippen molar-refractivity contribution in [3.8, 4) is 0 Å². The predicted molar refractivity (Wildman–Crippen MR) is 72.7 cm³/mol. The van der Waals surface area contributed by atoms with Gasteiger partial charge in [0.25, 0.3) is 0 Å². The Hall–Kier alpha value is -1.10. The van der Waals surface area contributed by atoms with Crippen LogP contribution in [0.3, 0.4) is 0 Å². The van der Waals surface area contributed by atoms with Crippen molar-refractivity contribution in [1.82, 2.24) is 0 Å². The lowest BCUT2D eigenvalue weighted by atomic mass is 10.1. The molecule has 5 heteroatoms. The second-order valence-corrected chi connectivity index (χ2v) is 4.70. The van der Waals surface area contributed by atoms with E-state index in [-0.39, 0.29) is 12.4 Å². The van der Waals surface area contributed by atoms with Gasteiger partial charge in [0, 0.05) is 24.7 Å². The largest absolute Gasteiger partial charge is 0.768 e. The monoisotopic (exact) mass is 270 g/mol. The highest BCUT2D eigenvalue weighted by molar-refractivity contribution is 7.79. The van der Waals surface area contributed by atoms with E-state index in [1.165, 1.54) is 0 Å². The van der Waals surface area contributed by atoms with Gasteiger partial charge in [-0.05, 0) is 40.1 Å². The van der Waals surface area contributed by atoms with Crippen LogP contribution in [0.2, 0.25) is 0 Å². The third kappa shape index (κ3) is 2.77. The Morgan fingerprint density at radius 2 is 1.88 bits per heavy atom. The summed E-state index contributed by atoms with van der Waals surface area (Å²) in [6.45, 7) is 0. The predicted octanol–water partition coefficient (Wildman–Crippen LogP) is 2.57. The highest BCUT2D eigenvalue weighted by Gasteiger charge is 2.02. The summed E-state index contributed by atoms with van der Waals surface area (Å²) >= 11 is -2.18. The van der Waals surface area contributed by atoms with Crippen LogP contribution in [-0.2, 0) is 11.1 Å². The van der Waals surface area contributed by atoms with Crippen LogP contribution in [0.15, 0.2) is 41.3 Å². The molecule has 0 aromatic heterocycles. The molecule has 0 saturated heterocycles. The Morgan fingerprint density at radius 3 is 2.47 bits per heavy atom. The fourth-order valence-corrected chi connectivity index (χ4v) is 2.22. The van der Waals surface area contributed by atoms with Crippen LogP contribution in [0.4, 0.5) is 5.69 Å². The lowest BCUT2D eigenvalue weighted by Crippen LogP contribution is -2.08. The molecule has 0 spiro atoms. The van der Waals surface area contributed by atoms with Gasteiger partial charge in [0.2, 0.25) is 0 Å². The van der Waals surface area contributed by atoms with Crippen molar-refractivity contribution in [3.63, 3.8) is 0 Å². The molecule has 0 radical (unpaired) electrons. The average Bonchev–Trinajstić information content (AvgIpc) is 2.27. The minimum Gasteiger partial charge on any atom is -0.768 e. The SMILES string of the molecule is CN(C)c1ccc2c(S(=O)[O-])cccc2c1.Cl. The number of nitrogens with zero attached hydrogens (tertiary/aromatic N) is 1. The van der Waals surface area contributed by atoms with Gasteiger partial charge in [-0.3, -0.25) is 4.21 Å². The normalized spacial score (nSPS) is 11.9. The maximum absolute atomic E-state index is 11.0. The van der Waals surface area contributed by atoms with Gasteiger partial charge >= 0.3 is 0 Å². The number of rotatable bonds is 2. The standard InChI is InChI=1S/C12H13NO2S.ClH/c1-13(2)10-6-7-11-9(8-10)4-3-5-12(11)16(14)15;/h3-8H,1-2H3,(H,14,15);1H/p-1. The molecule has 1 atom stereocenters. The van der Waals surface area contributed by atoms with Crippen LogP contribution in [0.25, 0.3) is 10.8 Å². The van der Waals surface area contributed by atoms with E-state index in [1.807, 2.05) is 43.3 Å². The third-order valence-corrected chi connectivity index (χ3v) is 3.24. The summed E-state index contributed by atoms with van der Waals surface area (Å²) in [5.74, 6) is 0. The molecule has 0 N–H and O–H groups in total. The fraction of sp³-hybridized carbons (Fsp3) is 0.167. The molecule has 92 valence electrons. The second-order valence-electron chi connectivity index (χ2n) is 3.79. The van der Waals surface area contributed by atoms with Gasteiger partial charge in [-0.15, -0.1) is 12.4 Å². The molecule has 2 aromatic rings. The third-order valence-electron chi connectivity index (χ3n) is 2.52. The Morgan fingerprint density at radius 1 is 1.18 bits per heavy atom. The van der Waals surface area contributed by atoms with Crippen LogP contribution in [0.1, 0.15) is 0 Å². The molecular weight excluding hydrogens is 258 g/mol. The maximum atomic E-state index is 11.0. The van der Waals surface area contributed by atoms with Crippen LogP contribution in [0, 0.1) is 0 Å². The van der Waals surface area contributed by atoms with Gasteiger partial charge < -0.3 is 9.45 Å². The van der Waals surface area contributed by atoms with E-state index >= 15 is 0 Å². The summed E-state index contributed by atoms with van der Waals surface area (Å²) < 4.78 is 22.0. The highest BCUT2D eigenvalue weighted by atomic mass is 35.5. The van der Waals surface area contributed by atoms with Gasteiger partial charge in [-0.1, -0.05) is 18.2 Å². The van der Waals surface area contributed by atoms with Crippen LogP contribution < -0.4 is 4.90 Å². The molecule has 0 bridgehead atoms. The number of hydrogen-bond donors (Lipinski definition) is 0. The second kappa shape index (κ2) is 5.49. The van der Waals surface area contributed by atoms with Crippen molar-refractivity contribution in [2.45, 2.75) is 4.90 Å². The molecule has 0 aliphatic rings. The molecule has 2 aromatic carbocycles. The number of fused-ring (bicyclic) bond motifs is 1. The summed E-state index contributed by atoms with van der Waals surface area (Å²) in [7, 11) is 3.91. The van der Waals surface area contributed by atoms with Gasteiger partial charge in [0.1, 0.15) is 0 Å². The zero-order chi connectivity index (χ0) is 11.7.